The van der Waals surface area contributed by atoms with Gasteiger partial charge in [0.1, 0.15) is 6.20 Å². The Hall–Kier alpha value is -1.47. The molecule has 0 fully saturated rings. The second kappa shape index (κ2) is 5.04. The Morgan fingerprint density at radius 1 is 1.56 bits per heavy atom. The summed E-state index contributed by atoms with van der Waals surface area (Å²) in [5.74, 6) is 0. The third-order valence-corrected chi connectivity index (χ3v) is 3.74. The molecule has 0 radical (unpaired) electrons. The Balaban J connectivity index is 1.83. The third kappa shape index (κ3) is 2.77. The topological polar surface area (TPSA) is 68.1 Å². The predicted octanol–water partition coefficient (Wildman–Crippen LogP) is 2.77. The summed E-state index contributed by atoms with van der Waals surface area (Å²) in [4.78, 5) is 15.2. The van der Waals surface area contributed by atoms with Gasteiger partial charge in [-0.05, 0) is 29.2 Å². The van der Waals surface area contributed by atoms with Crippen molar-refractivity contribution in [3.05, 3.63) is 38.7 Å². The number of thiazole rings is 1. The Kier molecular flexibility index (Phi) is 3.47. The van der Waals surface area contributed by atoms with Crippen LogP contribution in [0.2, 0.25) is 0 Å². The molecule has 2 aromatic rings. The minimum atomic E-state index is -0.428. The Morgan fingerprint density at radius 3 is 3.06 bits per heavy atom. The van der Waals surface area contributed by atoms with E-state index in [2.05, 4.69) is 16.4 Å². The normalized spacial score (nSPS) is 10.2. The molecule has 0 saturated heterocycles. The van der Waals surface area contributed by atoms with E-state index in [0.717, 1.165) is 24.3 Å². The molecule has 2 heterocycles. The van der Waals surface area contributed by atoms with Gasteiger partial charge in [-0.15, -0.1) is 11.3 Å². The lowest BCUT2D eigenvalue weighted by atomic mass is 10.3. The fourth-order valence-electron chi connectivity index (χ4n) is 1.18. The van der Waals surface area contributed by atoms with Gasteiger partial charge in [0.15, 0.2) is 5.13 Å². The van der Waals surface area contributed by atoms with Gasteiger partial charge in [0.25, 0.3) is 0 Å². The number of rotatable bonds is 5. The molecule has 2 aromatic heterocycles. The van der Waals surface area contributed by atoms with Crippen LogP contribution in [0.4, 0.5) is 10.1 Å². The van der Waals surface area contributed by atoms with Crippen molar-refractivity contribution in [3.8, 4) is 0 Å². The van der Waals surface area contributed by atoms with Crippen LogP contribution in [-0.4, -0.2) is 16.5 Å². The van der Waals surface area contributed by atoms with E-state index < -0.39 is 4.92 Å². The van der Waals surface area contributed by atoms with Gasteiger partial charge in [0, 0.05) is 11.4 Å². The highest BCUT2D eigenvalue weighted by Gasteiger charge is 2.10. The van der Waals surface area contributed by atoms with Gasteiger partial charge < -0.3 is 5.32 Å². The Labute approximate surface area is 99.9 Å². The lowest BCUT2D eigenvalue weighted by Crippen LogP contribution is -2.02. The number of aromatic nitrogens is 1. The minimum Gasteiger partial charge on any atom is -0.361 e. The molecule has 7 heteroatoms. The molecule has 0 saturated carbocycles. The van der Waals surface area contributed by atoms with Crippen LogP contribution < -0.4 is 5.32 Å². The van der Waals surface area contributed by atoms with E-state index in [9.17, 15) is 10.1 Å². The van der Waals surface area contributed by atoms with Crippen molar-refractivity contribution in [2.24, 2.45) is 0 Å². The van der Waals surface area contributed by atoms with Gasteiger partial charge in [-0.1, -0.05) is 6.07 Å². The standard InChI is InChI=1S/C9H9N3O2S2/c13-12(14)8-6-11-9(16-8)10-4-3-7-2-1-5-15-7/h1-2,5-6H,3-4H2,(H,10,11). The van der Waals surface area contributed by atoms with E-state index in [1.54, 1.807) is 11.3 Å². The van der Waals surface area contributed by atoms with Gasteiger partial charge in [0.05, 0.1) is 4.92 Å². The first kappa shape index (κ1) is 11.0. The number of nitrogens with one attached hydrogen (secondary N) is 1. The van der Waals surface area contributed by atoms with Crippen LogP contribution in [0, 0.1) is 10.1 Å². The van der Waals surface area contributed by atoms with Crippen LogP contribution in [0.1, 0.15) is 4.88 Å². The first-order valence-corrected chi connectivity index (χ1v) is 6.32. The molecule has 0 aromatic carbocycles. The van der Waals surface area contributed by atoms with E-state index in [-0.39, 0.29) is 5.00 Å². The Morgan fingerprint density at radius 2 is 2.44 bits per heavy atom. The van der Waals surface area contributed by atoms with Crippen molar-refractivity contribution < 1.29 is 4.92 Å². The number of hydrogen-bond acceptors (Lipinski definition) is 6. The molecular weight excluding hydrogens is 246 g/mol. The molecule has 0 amide bonds. The summed E-state index contributed by atoms with van der Waals surface area (Å²) in [6, 6.07) is 4.07. The molecule has 84 valence electrons. The lowest BCUT2D eigenvalue weighted by molar-refractivity contribution is -0.380. The summed E-state index contributed by atoms with van der Waals surface area (Å²) in [6.45, 7) is 0.741. The molecule has 5 nitrogen and oxygen atoms in total. The maximum absolute atomic E-state index is 10.4. The zero-order chi connectivity index (χ0) is 11.4. The molecule has 0 bridgehead atoms. The maximum Gasteiger partial charge on any atom is 0.345 e. The monoisotopic (exact) mass is 255 g/mol. The van der Waals surface area contributed by atoms with E-state index in [0.29, 0.717) is 5.13 Å². The van der Waals surface area contributed by atoms with Gasteiger partial charge in [-0.25, -0.2) is 4.98 Å². The fraction of sp³-hybridized carbons (Fsp3) is 0.222. The second-order valence-electron chi connectivity index (χ2n) is 3.02. The summed E-state index contributed by atoms with van der Waals surface area (Å²) in [7, 11) is 0. The van der Waals surface area contributed by atoms with Crippen LogP contribution in [0.25, 0.3) is 0 Å². The molecular formula is C9H9N3O2S2. The number of thiophene rings is 1. The molecule has 0 aliphatic rings. The Bertz CT molecular complexity index is 467. The van der Waals surface area contributed by atoms with E-state index in [1.165, 1.54) is 11.1 Å². The van der Waals surface area contributed by atoms with Crippen LogP contribution >= 0.6 is 22.7 Å². The van der Waals surface area contributed by atoms with Gasteiger partial charge >= 0.3 is 5.00 Å². The number of hydrogen-bond donors (Lipinski definition) is 1. The summed E-state index contributed by atoms with van der Waals surface area (Å²) in [5, 5.41) is 16.2. The molecule has 0 unspecified atom stereocenters. The first-order valence-electron chi connectivity index (χ1n) is 4.62. The summed E-state index contributed by atoms with van der Waals surface area (Å²) in [6.07, 6.45) is 2.18. The van der Waals surface area contributed by atoms with E-state index >= 15 is 0 Å². The van der Waals surface area contributed by atoms with Crippen molar-refractivity contribution in [2.45, 2.75) is 6.42 Å². The zero-order valence-corrected chi connectivity index (χ0v) is 9.88. The van der Waals surface area contributed by atoms with Crippen LogP contribution in [0.15, 0.2) is 23.7 Å². The molecule has 2 rings (SSSR count). The molecule has 0 atom stereocenters. The third-order valence-electron chi connectivity index (χ3n) is 1.90. The van der Waals surface area contributed by atoms with Crippen molar-refractivity contribution >= 4 is 32.8 Å². The molecule has 0 spiro atoms. The van der Waals surface area contributed by atoms with Crippen molar-refractivity contribution in [1.82, 2.24) is 4.98 Å². The van der Waals surface area contributed by atoms with Crippen LogP contribution in [-0.2, 0) is 6.42 Å². The van der Waals surface area contributed by atoms with Crippen molar-refractivity contribution in [2.75, 3.05) is 11.9 Å². The second-order valence-corrected chi connectivity index (χ2v) is 5.06. The minimum absolute atomic E-state index is 0.0682. The summed E-state index contributed by atoms with van der Waals surface area (Å²) >= 11 is 2.76. The summed E-state index contributed by atoms with van der Waals surface area (Å²) < 4.78 is 0. The molecule has 0 aliphatic carbocycles. The van der Waals surface area contributed by atoms with Crippen LogP contribution in [0.5, 0.6) is 0 Å². The molecule has 1 N–H and O–H groups in total. The lowest BCUT2D eigenvalue weighted by Gasteiger charge is -1.99. The summed E-state index contributed by atoms with van der Waals surface area (Å²) in [5.41, 5.74) is 0. The zero-order valence-electron chi connectivity index (χ0n) is 8.25. The quantitative estimate of drug-likeness (QED) is 0.659. The number of anilines is 1. The average molecular weight is 255 g/mol. The van der Waals surface area contributed by atoms with Crippen molar-refractivity contribution in [3.63, 3.8) is 0 Å². The number of nitrogens with zero attached hydrogens (tertiary/aromatic N) is 2. The fourth-order valence-corrected chi connectivity index (χ4v) is 2.55. The van der Waals surface area contributed by atoms with Gasteiger partial charge in [0.2, 0.25) is 0 Å². The highest BCUT2D eigenvalue weighted by molar-refractivity contribution is 7.18. The largest absolute Gasteiger partial charge is 0.361 e. The smallest absolute Gasteiger partial charge is 0.345 e. The van der Waals surface area contributed by atoms with Crippen molar-refractivity contribution in [1.29, 1.82) is 0 Å². The highest BCUT2D eigenvalue weighted by atomic mass is 32.1. The SMILES string of the molecule is O=[N+]([O-])c1cnc(NCCc2cccs2)s1. The van der Waals surface area contributed by atoms with E-state index in [1.807, 2.05) is 11.4 Å². The molecule has 16 heavy (non-hydrogen) atoms. The maximum atomic E-state index is 10.4. The van der Waals surface area contributed by atoms with Gasteiger partial charge in [-0.3, -0.25) is 10.1 Å². The van der Waals surface area contributed by atoms with Crippen LogP contribution in [0.3, 0.4) is 0 Å². The highest BCUT2D eigenvalue weighted by Crippen LogP contribution is 2.24. The van der Waals surface area contributed by atoms with Gasteiger partial charge in [-0.2, -0.15) is 0 Å². The van der Waals surface area contributed by atoms with E-state index in [4.69, 9.17) is 0 Å². The molecule has 0 aliphatic heterocycles. The number of nitro groups is 1. The average Bonchev–Trinajstić information content (AvgIpc) is 2.87. The first-order chi connectivity index (χ1) is 7.75. The predicted molar refractivity (Wildman–Crippen MR) is 65.3 cm³/mol.